The summed E-state index contributed by atoms with van der Waals surface area (Å²) in [5, 5.41) is 8.63. The fourth-order valence-electron chi connectivity index (χ4n) is 2.09. The molecule has 0 radical (unpaired) electrons. The van der Waals surface area contributed by atoms with Crippen molar-refractivity contribution in [2.24, 2.45) is 5.84 Å². The number of hydrogen-bond donors (Lipinski definition) is 3. The number of nitrogens with one attached hydrogen (secondary N) is 2. The number of carbonyl (C=O) groups excluding carboxylic acids is 1. The highest BCUT2D eigenvalue weighted by Crippen LogP contribution is 2.21. The fraction of sp³-hybridized carbons (Fsp3) is 0.0667. The van der Waals surface area contributed by atoms with Gasteiger partial charge in [-0.15, -0.1) is 0 Å². The van der Waals surface area contributed by atoms with E-state index in [1.807, 2.05) is 41.1 Å². The quantitative estimate of drug-likeness (QED) is 0.511. The number of rotatable bonds is 4. The van der Waals surface area contributed by atoms with Gasteiger partial charge in [-0.05, 0) is 33.8 Å². The Balaban J connectivity index is 1.87. The highest BCUT2D eigenvalue weighted by molar-refractivity contribution is 7.07. The van der Waals surface area contributed by atoms with Crippen molar-refractivity contribution in [3.63, 3.8) is 0 Å². The van der Waals surface area contributed by atoms with Crippen LogP contribution in [0.25, 0.3) is 10.8 Å². The molecule has 4 N–H and O–H groups in total. The Hall–Kier alpha value is -2.44. The van der Waals surface area contributed by atoms with Gasteiger partial charge in [-0.25, -0.2) is 10.8 Å². The number of anilines is 1. The van der Waals surface area contributed by atoms with E-state index in [4.69, 9.17) is 5.84 Å². The van der Waals surface area contributed by atoms with Crippen molar-refractivity contribution in [3.05, 3.63) is 58.4 Å². The number of hydrazine groups is 1. The number of pyridine rings is 1. The highest BCUT2D eigenvalue weighted by atomic mass is 32.1. The summed E-state index contributed by atoms with van der Waals surface area (Å²) in [6.07, 6.45) is 0. The van der Waals surface area contributed by atoms with Gasteiger partial charge in [-0.1, -0.05) is 24.3 Å². The Morgan fingerprint density at radius 2 is 2.14 bits per heavy atom. The van der Waals surface area contributed by atoms with Gasteiger partial charge in [0, 0.05) is 11.9 Å². The summed E-state index contributed by atoms with van der Waals surface area (Å²) in [5.41, 5.74) is 3.97. The molecule has 3 rings (SSSR count). The van der Waals surface area contributed by atoms with Gasteiger partial charge in [-0.3, -0.25) is 4.79 Å². The molecule has 1 aromatic carbocycles. The van der Waals surface area contributed by atoms with Gasteiger partial charge in [0.1, 0.15) is 11.5 Å². The first-order chi connectivity index (χ1) is 10.3. The first kappa shape index (κ1) is 13.5. The number of benzene rings is 1. The summed E-state index contributed by atoms with van der Waals surface area (Å²) in [5.74, 6) is 5.77. The van der Waals surface area contributed by atoms with Gasteiger partial charge in [-0.2, -0.15) is 11.3 Å². The average Bonchev–Trinajstić information content (AvgIpc) is 3.04. The van der Waals surface area contributed by atoms with Crippen molar-refractivity contribution in [2.45, 2.75) is 6.54 Å². The molecule has 106 valence electrons. The van der Waals surface area contributed by atoms with Crippen LogP contribution >= 0.6 is 11.3 Å². The Labute approximate surface area is 125 Å². The molecule has 0 saturated carbocycles. The normalized spacial score (nSPS) is 10.5. The SMILES string of the molecule is NNc1nc(C(=O)NCc2ccsc2)cc2ccccc12. The lowest BCUT2D eigenvalue weighted by molar-refractivity contribution is 0.0946. The zero-order chi connectivity index (χ0) is 14.7. The van der Waals surface area contributed by atoms with Crippen LogP contribution in [-0.2, 0) is 6.54 Å². The molecule has 2 heterocycles. The number of amides is 1. The summed E-state index contributed by atoms with van der Waals surface area (Å²) < 4.78 is 0. The fourth-order valence-corrected chi connectivity index (χ4v) is 2.76. The number of fused-ring (bicyclic) bond motifs is 1. The van der Waals surface area contributed by atoms with Crippen molar-refractivity contribution >= 4 is 33.8 Å². The number of aromatic nitrogens is 1. The Morgan fingerprint density at radius 3 is 2.90 bits per heavy atom. The number of nitrogens with two attached hydrogens (primary N) is 1. The maximum Gasteiger partial charge on any atom is 0.270 e. The number of thiophene rings is 1. The smallest absolute Gasteiger partial charge is 0.270 e. The van der Waals surface area contributed by atoms with Crippen LogP contribution in [0.2, 0.25) is 0 Å². The van der Waals surface area contributed by atoms with Crippen molar-refractivity contribution in [1.29, 1.82) is 0 Å². The lowest BCUT2D eigenvalue weighted by Crippen LogP contribution is -2.24. The standard InChI is InChI=1S/C15H14N4OS/c16-19-14-12-4-2-1-3-11(12)7-13(18-14)15(20)17-8-10-5-6-21-9-10/h1-7,9H,8,16H2,(H,17,20)(H,18,19). The molecule has 0 aliphatic heterocycles. The molecule has 0 atom stereocenters. The van der Waals surface area contributed by atoms with E-state index in [2.05, 4.69) is 15.7 Å². The van der Waals surface area contributed by atoms with Gasteiger partial charge in [0.05, 0.1) is 0 Å². The van der Waals surface area contributed by atoms with Gasteiger partial charge in [0.2, 0.25) is 0 Å². The molecule has 1 amide bonds. The van der Waals surface area contributed by atoms with Gasteiger partial charge in [0.15, 0.2) is 0 Å². The molecule has 3 aromatic rings. The molecular formula is C15H14N4OS. The topological polar surface area (TPSA) is 80.0 Å². The first-order valence-electron chi connectivity index (χ1n) is 6.43. The monoisotopic (exact) mass is 298 g/mol. The number of carbonyl (C=O) groups is 1. The predicted molar refractivity (Wildman–Crippen MR) is 85.0 cm³/mol. The Morgan fingerprint density at radius 1 is 1.29 bits per heavy atom. The molecule has 0 fully saturated rings. The van der Waals surface area contributed by atoms with Crippen molar-refractivity contribution in [2.75, 3.05) is 5.43 Å². The number of nitrogen functional groups attached to an aromatic ring is 1. The lowest BCUT2D eigenvalue weighted by Gasteiger charge is -2.09. The summed E-state index contributed by atoms with van der Waals surface area (Å²) in [6, 6.07) is 11.4. The molecule has 2 aromatic heterocycles. The van der Waals surface area contributed by atoms with E-state index in [-0.39, 0.29) is 5.91 Å². The number of nitrogens with zero attached hydrogens (tertiary/aromatic N) is 1. The van der Waals surface area contributed by atoms with Crippen LogP contribution in [-0.4, -0.2) is 10.9 Å². The van der Waals surface area contributed by atoms with Crippen LogP contribution in [0.15, 0.2) is 47.2 Å². The first-order valence-corrected chi connectivity index (χ1v) is 7.38. The van der Waals surface area contributed by atoms with Gasteiger partial charge >= 0.3 is 0 Å². The average molecular weight is 298 g/mol. The van der Waals surface area contributed by atoms with Crippen LogP contribution in [0.4, 0.5) is 5.82 Å². The zero-order valence-electron chi connectivity index (χ0n) is 11.2. The van der Waals surface area contributed by atoms with Crippen molar-refractivity contribution in [1.82, 2.24) is 10.3 Å². The van der Waals surface area contributed by atoms with Crippen LogP contribution in [0.3, 0.4) is 0 Å². The minimum absolute atomic E-state index is 0.219. The molecular weight excluding hydrogens is 284 g/mol. The molecule has 0 spiro atoms. The van der Waals surface area contributed by atoms with Gasteiger partial charge in [0.25, 0.3) is 5.91 Å². The minimum atomic E-state index is -0.219. The van der Waals surface area contributed by atoms with Gasteiger partial charge < -0.3 is 10.7 Å². The van der Waals surface area contributed by atoms with Crippen LogP contribution in [0.5, 0.6) is 0 Å². The predicted octanol–water partition coefficient (Wildman–Crippen LogP) is 2.51. The second-order valence-corrected chi connectivity index (χ2v) is 5.32. The van der Waals surface area contributed by atoms with Crippen LogP contribution in [0.1, 0.15) is 16.1 Å². The maximum atomic E-state index is 12.2. The third-order valence-electron chi connectivity index (χ3n) is 3.14. The van der Waals surface area contributed by atoms with E-state index >= 15 is 0 Å². The molecule has 0 aliphatic carbocycles. The molecule has 0 saturated heterocycles. The third-order valence-corrected chi connectivity index (χ3v) is 3.87. The van der Waals surface area contributed by atoms with E-state index in [0.717, 1.165) is 16.3 Å². The Bertz CT molecular complexity index is 770. The van der Waals surface area contributed by atoms with Crippen LogP contribution in [0, 0.1) is 0 Å². The summed E-state index contributed by atoms with van der Waals surface area (Å²) in [6.45, 7) is 0.488. The minimum Gasteiger partial charge on any atom is -0.347 e. The molecule has 5 nitrogen and oxygen atoms in total. The Kier molecular flexibility index (Phi) is 3.81. The zero-order valence-corrected chi connectivity index (χ0v) is 12.0. The van der Waals surface area contributed by atoms with Crippen molar-refractivity contribution in [3.8, 4) is 0 Å². The third kappa shape index (κ3) is 2.86. The largest absolute Gasteiger partial charge is 0.347 e. The molecule has 0 bridgehead atoms. The van der Waals surface area contributed by atoms with E-state index < -0.39 is 0 Å². The lowest BCUT2D eigenvalue weighted by atomic mass is 10.1. The molecule has 6 heteroatoms. The maximum absolute atomic E-state index is 12.2. The van der Waals surface area contributed by atoms with E-state index in [0.29, 0.717) is 18.1 Å². The highest BCUT2D eigenvalue weighted by Gasteiger charge is 2.11. The second kappa shape index (κ2) is 5.90. The molecule has 21 heavy (non-hydrogen) atoms. The van der Waals surface area contributed by atoms with Crippen LogP contribution < -0.4 is 16.6 Å². The summed E-state index contributed by atoms with van der Waals surface area (Å²) in [4.78, 5) is 16.5. The second-order valence-electron chi connectivity index (χ2n) is 4.54. The molecule has 0 aliphatic rings. The van der Waals surface area contributed by atoms with E-state index in [9.17, 15) is 4.79 Å². The van der Waals surface area contributed by atoms with E-state index in [1.54, 1.807) is 17.4 Å². The summed E-state index contributed by atoms with van der Waals surface area (Å²) in [7, 11) is 0. The van der Waals surface area contributed by atoms with E-state index in [1.165, 1.54) is 0 Å². The number of hydrogen-bond acceptors (Lipinski definition) is 5. The summed E-state index contributed by atoms with van der Waals surface area (Å²) >= 11 is 1.60. The molecule has 0 unspecified atom stereocenters. The van der Waals surface area contributed by atoms with Crippen molar-refractivity contribution < 1.29 is 4.79 Å².